The van der Waals surface area contributed by atoms with Gasteiger partial charge in [-0.3, -0.25) is 9.59 Å². The number of alkyl halides is 3. The number of hydrogen-bond acceptors (Lipinski definition) is 3. The molecule has 136 valence electrons. The lowest BCUT2D eigenvalue weighted by Crippen LogP contribution is -2.29. The molecule has 0 bridgehead atoms. The molecule has 0 spiro atoms. The molecule has 1 atom stereocenters. The summed E-state index contributed by atoms with van der Waals surface area (Å²) in [6.07, 6.45) is -3.80. The Balaban J connectivity index is 1.72. The highest BCUT2D eigenvalue weighted by molar-refractivity contribution is 6.03. The zero-order valence-corrected chi connectivity index (χ0v) is 13.3. The summed E-state index contributed by atoms with van der Waals surface area (Å²) in [4.78, 5) is 29.2. The van der Waals surface area contributed by atoms with Crippen molar-refractivity contribution in [1.82, 2.24) is 4.98 Å². The fourth-order valence-corrected chi connectivity index (χ4v) is 2.69. The quantitative estimate of drug-likeness (QED) is 0.848. The van der Waals surface area contributed by atoms with Crippen LogP contribution in [0.5, 0.6) is 0 Å². The average Bonchev–Trinajstić information content (AvgIpc) is 2.97. The van der Waals surface area contributed by atoms with Gasteiger partial charge < -0.3 is 10.2 Å². The Morgan fingerprint density at radius 3 is 2.65 bits per heavy atom. The highest BCUT2D eigenvalue weighted by Crippen LogP contribution is 2.31. The van der Waals surface area contributed by atoms with Crippen LogP contribution in [0.3, 0.4) is 0 Å². The van der Waals surface area contributed by atoms with E-state index in [-0.39, 0.29) is 24.5 Å². The molecule has 2 amide bonds. The molecule has 1 saturated heterocycles. The molecule has 1 aliphatic rings. The molecule has 2 heterocycles. The molecule has 26 heavy (non-hydrogen) atoms. The SMILES string of the molecule is O=C(Nc1cc(C(F)(F)F)ccn1)C1CC(=O)N(c2ccccc2F)C1. The number of hydrogen-bond donors (Lipinski definition) is 1. The maximum absolute atomic E-state index is 13.8. The fraction of sp³-hybridized carbons (Fsp3) is 0.235. The van der Waals surface area contributed by atoms with Crippen LogP contribution in [0.25, 0.3) is 0 Å². The number of para-hydroxylation sites is 1. The minimum Gasteiger partial charge on any atom is -0.310 e. The van der Waals surface area contributed by atoms with Gasteiger partial charge in [0.2, 0.25) is 11.8 Å². The van der Waals surface area contributed by atoms with Crippen molar-refractivity contribution in [3.05, 3.63) is 54.0 Å². The third kappa shape index (κ3) is 3.66. The monoisotopic (exact) mass is 367 g/mol. The van der Waals surface area contributed by atoms with Crippen molar-refractivity contribution in [2.75, 3.05) is 16.8 Å². The molecule has 1 unspecified atom stereocenters. The summed E-state index contributed by atoms with van der Waals surface area (Å²) in [5.74, 6) is -2.77. The molecule has 0 saturated carbocycles. The molecule has 1 aromatic carbocycles. The maximum atomic E-state index is 13.8. The van der Waals surface area contributed by atoms with Crippen LogP contribution in [0.4, 0.5) is 29.1 Å². The van der Waals surface area contributed by atoms with Gasteiger partial charge in [0.05, 0.1) is 17.2 Å². The van der Waals surface area contributed by atoms with Crippen LogP contribution in [0.15, 0.2) is 42.6 Å². The number of halogens is 4. The molecular weight excluding hydrogens is 354 g/mol. The van der Waals surface area contributed by atoms with E-state index in [1.165, 1.54) is 18.2 Å². The van der Waals surface area contributed by atoms with Crippen LogP contribution in [-0.4, -0.2) is 23.3 Å². The van der Waals surface area contributed by atoms with E-state index >= 15 is 0 Å². The molecule has 1 fully saturated rings. The first-order valence-electron chi connectivity index (χ1n) is 7.64. The van der Waals surface area contributed by atoms with Crippen LogP contribution in [-0.2, 0) is 15.8 Å². The van der Waals surface area contributed by atoms with Crippen molar-refractivity contribution in [3.63, 3.8) is 0 Å². The standard InChI is InChI=1S/C17H13F4N3O2/c18-12-3-1-2-4-13(12)24-9-10(7-15(24)25)16(26)23-14-8-11(5-6-22-14)17(19,20)21/h1-6,8,10H,7,9H2,(H,22,23,26). The summed E-state index contributed by atoms with van der Waals surface area (Å²) < 4.78 is 52.0. The highest BCUT2D eigenvalue weighted by atomic mass is 19.4. The zero-order chi connectivity index (χ0) is 18.9. The maximum Gasteiger partial charge on any atom is 0.416 e. The second-order valence-electron chi connectivity index (χ2n) is 5.77. The molecule has 0 radical (unpaired) electrons. The van der Waals surface area contributed by atoms with E-state index in [9.17, 15) is 27.2 Å². The summed E-state index contributed by atoms with van der Waals surface area (Å²) in [7, 11) is 0. The number of carbonyl (C=O) groups is 2. The molecule has 3 rings (SSSR count). The Bertz CT molecular complexity index is 854. The van der Waals surface area contributed by atoms with Crippen molar-refractivity contribution < 1.29 is 27.2 Å². The molecule has 0 aliphatic carbocycles. The molecule has 1 N–H and O–H groups in total. The van der Waals surface area contributed by atoms with Crippen molar-refractivity contribution in [2.45, 2.75) is 12.6 Å². The lowest BCUT2D eigenvalue weighted by molar-refractivity contribution is -0.137. The van der Waals surface area contributed by atoms with Crippen molar-refractivity contribution in [1.29, 1.82) is 0 Å². The van der Waals surface area contributed by atoms with Gasteiger partial charge in [0.1, 0.15) is 11.6 Å². The van der Waals surface area contributed by atoms with Gasteiger partial charge in [-0.15, -0.1) is 0 Å². The van der Waals surface area contributed by atoms with E-state index in [4.69, 9.17) is 0 Å². The number of amides is 2. The van der Waals surface area contributed by atoms with Crippen molar-refractivity contribution >= 4 is 23.3 Å². The lowest BCUT2D eigenvalue weighted by atomic mass is 10.1. The Hall–Kier alpha value is -2.97. The Labute approximate surface area is 145 Å². The van der Waals surface area contributed by atoms with E-state index < -0.39 is 35.3 Å². The predicted octanol–water partition coefficient (Wildman–Crippen LogP) is 3.23. The Morgan fingerprint density at radius 1 is 1.23 bits per heavy atom. The molecule has 1 aromatic heterocycles. The first-order valence-corrected chi connectivity index (χ1v) is 7.64. The van der Waals surface area contributed by atoms with E-state index in [0.29, 0.717) is 6.07 Å². The van der Waals surface area contributed by atoms with E-state index in [1.54, 1.807) is 6.07 Å². The summed E-state index contributed by atoms with van der Waals surface area (Å²) in [5, 5.41) is 2.28. The molecule has 1 aliphatic heterocycles. The summed E-state index contributed by atoms with van der Waals surface area (Å²) in [5.41, 5.74) is -0.886. The summed E-state index contributed by atoms with van der Waals surface area (Å²) >= 11 is 0. The van der Waals surface area contributed by atoms with Crippen molar-refractivity contribution in [2.24, 2.45) is 5.92 Å². The van der Waals surface area contributed by atoms with Crippen LogP contribution in [0.1, 0.15) is 12.0 Å². The van der Waals surface area contributed by atoms with Gasteiger partial charge in [0.15, 0.2) is 0 Å². The average molecular weight is 367 g/mol. The molecular formula is C17H13F4N3O2. The van der Waals surface area contributed by atoms with Crippen molar-refractivity contribution in [3.8, 4) is 0 Å². The van der Waals surface area contributed by atoms with Gasteiger partial charge >= 0.3 is 6.18 Å². The van der Waals surface area contributed by atoms with E-state index in [1.807, 2.05) is 0 Å². The first-order chi connectivity index (χ1) is 12.3. The summed E-state index contributed by atoms with van der Waals surface area (Å²) in [6.45, 7) is -0.0649. The number of nitrogens with zero attached hydrogens (tertiary/aromatic N) is 2. The Morgan fingerprint density at radius 2 is 1.96 bits per heavy atom. The number of nitrogens with one attached hydrogen (secondary N) is 1. The normalized spacial score (nSPS) is 17.5. The van der Waals surface area contributed by atoms with Gasteiger partial charge in [-0.25, -0.2) is 9.37 Å². The van der Waals surface area contributed by atoms with Gasteiger partial charge in [0.25, 0.3) is 0 Å². The third-order valence-electron chi connectivity index (χ3n) is 3.98. The predicted molar refractivity (Wildman–Crippen MR) is 84.7 cm³/mol. The van der Waals surface area contributed by atoms with Crippen LogP contribution in [0.2, 0.25) is 0 Å². The number of benzene rings is 1. The fourth-order valence-electron chi connectivity index (χ4n) is 2.69. The van der Waals surface area contributed by atoms with E-state index in [0.717, 1.165) is 17.2 Å². The number of anilines is 2. The minimum absolute atomic E-state index is 0.0602. The Kier molecular flexibility index (Phi) is 4.62. The van der Waals surface area contributed by atoms with Gasteiger partial charge in [-0.2, -0.15) is 13.2 Å². The smallest absolute Gasteiger partial charge is 0.310 e. The second kappa shape index (κ2) is 6.74. The minimum atomic E-state index is -4.56. The molecule has 2 aromatic rings. The molecule has 5 nitrogen and oxygen atoms in total. The first kappa shape index (κ1) is 17.8. The zero-order valence-electron chi connectivity index (χ0n) is 13.3. The van der Waals surface area contributed by atoms with Crippen LogP contribution < -0.4 is 10.2 Å². The van der Waals surface area contributed by atoms with Gasteiger partial charge in [0, 0.05) is 19.2 Å². The topological polar surface area (TPSA) is 62.3 Å². The number of rotatable bonds is 3. The van der Waals surface area contributed by atoms with Gasteiger partial charge in [-0.1, -0.05) is 12.1 Å². The highest BCUT2D eigenvalue weighted by Gasteiger charge is 2.36. The van der Waals surface area contributed by atoms with Crippen LogP contribution in [0, 0.1) is 11.7 Å². The van der Waals surface area contributed by atoms with E-state index in [2.05, 4.69) is 10.3 Å². The molecule has 9 heteroatoms. The number of aromatic nitrogens is 1. The third-order valence-corrected chi connectivity index (χ3v) is 3.98. The van der Waals surface area contributed by atoms with Gasteiger partial charge in [-0.05, 0) is 24.3 Å². The lowest BCUT2D eigenvalue weighted by Gasteiger charge is -2.17. The number of carbonyl (C=O) groups excluding carboxylic acids is 2. The second-order valence-corrected chi connectivity index (χ2v) is 5.77. The summed E-state index contributed by atoms with van der Waals surface area (Å²) in [6, 6.07) is 7.15. The number of pyridine rings is 1. The largest absolute Gasteiger partial charge is 0.416 e. The van der Waals surface area contributed by atoms with Crippen LogP contribution >= 0.6 is 0 Å².